The van der Waals surface area contributed by atoms with Crippen molar-refractivity contribution in [3.05, 3.63) is 0 Å². The van der Waals surface area contributed by atoms with Gasteiger partial charge in [0.25, 0.3) is 0 Å². The van der Waals surface area contributed by atoms with Crippen molar-refractivity contribution in [2.75, 3.05) is 34.3 Å². The zero-order chi connectivity index (χ0) is 12.6. The fourth-order valence-electron chi connectivity index (χ4n) is 1.91. The highest BCUT2D eigenvalue weighted by molar-refractivity contribution is 5.69. The van der Waals surface area contributed by atoms with E-state index in [9.17, 15) is 4.79 Å². The Bertz CT molecular complexity index is 195. The number of hydrogen-bond acceptors (Lipinski definition) is 4. The molecule has 2 atom stereocenters. The molecule has 0 amide bonds. The van der Waals surface area contributed by atoms with Gasteiger partial charge in [-0.3, -0.25) is 4.79 Å². The van der Waals surface area contributed by atoms with E-state index in [0.29, 0.717) is 24.9 Å². The number of carbonyl (C=O) groups excluding carboxylic acids is 1. The van der Waals surface area contributed by atoms with Gasteiger partial charge in [0.1, 0.15) is 0 Å². The Hall–Kier alpha value is -0.610. The first-order valence-electron chi connectivity index (χ1n) is 5.90. The van der Waals surface area contributed by atoms with E-state index in [1.807, 2.05) is 0 Å². The van der Waals surface area contributed by atoms with Gasteiger partial charge >= 0.3 is 5.97 Å². The van der Waals surface area contributed by atoms with Gasteiger partial charge in [0, 0.05) is 19.1 Å². The average Bonchev–Trinajstić information content (AvgIpc) is 2.15. The van der Waals surface area contributed by atoms with Crippen LogP contribution < -0.4 is 5.32 Å². The minimum absolute atomic E-state index is 0.152. The van der Waals surface area contributed by atoms with Gasteiger partial charge in [0.05, 0.1) is 13.5 Å². The highest BCUT2D eigenvalue weighted by atomic mass is 16.5. The summed E-state index contributed by atoms with van der Waals surface area (Å²) in [5.74, 6) is 0.511. The van der Waals surface area contributed by atoms with Gasteiger partial charge in [-0.2, -0.15) is 0 Å². The third kappa shape index (κ3) is 8.68. The molecular weight excluding hydrogens is 204 g/mol. The minimum atomic E-state index is -0.152. The van der Waals surface area contributed by atoms with Crippen LogP contribution in [0, 0.1) is 5.92 Å². The molecular formula is C12H26N2O2. The molecule has 0 saturated carbocycles. The van der Waals surface area contributed by atoms with Crippen molar-refractivity contribution in [2.24, 2.45) is 5.92 Å². The van der Waals surface area contributed by atoms with Gasteiger partial charge in [0.2, 0.25) is 0 Å². The Morgan fingerprint density at radius 2 is 2.00 bits per heavy atom. The molecule has 0 fully saturated rings. The van der Waals surface area contributed by atoms with E-state index in [1.54, 1.807) is 0 Å². The maximum Gasteiger partial charge on any atom is 0.306 e. The molecule has 0 spiro atoms. The second-order valence-electron chi connectivity index (χ2n) is 4.78. The molecule has 0 aromatic carbocycles. The first-order valence-corrected chi connectivity index (χ1v) is 5.90. The zero-order valence-corrected chi connectivity index (χ0v) is 11.2. The normalized spacial score (nSPS) is 14.9. The molecule has 0 aliphatic rings. The average molecular weight is 230 g/mol. The van der Waals surface area contributed by atoms with Crippen molar-refractivity contribution >= 4 is 5.97 Å². The summed E-state index contributed by atoms with van der Waals surface area (Å²) in [5, 5.41) is 3.33. The summed E-state index contributed by atoms with van der Waals surface area (Å²) < 4.78 is 4.58. The third-order valence-corrected chi connectivity index (χ3v) is 2.48. The van der Waals surface area contributed by atoms with Crippen LogP contribution in [0.5, 0.6) is 0 Å². The van der Waals surface area contributed by atoms with Gasteiger partial charge in [-0.1, -0.05) is 6.92 Å². The van der Waals surface area contributed by atoms with E-state index in [4.69, 9.17) is 0 Å². The van der Waals surface area contributed by atoms with Crippen molar-refractivity contribution in [2.45, 2.75) is 32.7 Å². The molecule has 0 radical (unpaired) electrons. The van der Waals surface area contributed by atoms with E-state index >= 15 is 0 Å². The number of nitrogens with one attached hydrogen (secondary N) is 1. The van der Waals surface area contributed by atoms with E-state index < -0.39 is 0 Å². The topological polar surface area (TPSA) is 41.6 Å². The fraction of sp³-hybridized carbons (Fsp3) is 0.917. The Balaban J connectivity index is 3.57. The third-order valence-electron chi connectivity index (χ3n) is 2.48. The molecule has 4 heteroatoms. The van der Waals surface area contributed by atoms with Crippen LogP contribution in [0.25, 0.3) is 0 Å². The number of ether oxygens (including phenoxy) is 1. The lowest BCUT2D eigenvalue weighted by molar-refractivity contribution is -0.140. The summed E-state index contributed by atoms with van der Waals surface area (Å²) in [6.07, 6.45) is 1.57. The van der Waals surface area contributed by atoms with Crippen LogP contribution in [0.15, 0.2) is 0 Å². The largest absolute Gasteiger partial charge is 0.469 e. The second-order valence-corrected chi connectivity index (χ2v) is 4.78. The summed E-state index contributed by atoms with van der Waals surface area (Å²) in [6, 6.07) is 0.444. The Labute approximate surface area is 99.3 Å². The highest BCUT2D eigenvalue weighted by Crippen LogP contribution is 2.06. The maximum atomic E-state index is 10.9. The van der Waals surface area contributed by atoms with E-state index in [2.05, 4.69) is 42.9 Å². The summed E-state index contributed by atoms with van der Waals surface area (Å²) >= 11 is 0. The van der Waals surface area contributed by atoms with Crippen molar-refractivity contribution in [1.29, 1.82) is 0 Å². The van der Waals surface area contributed by atoms with Gasteiger partial charge in [-0.15, -0.1) is 0 Å². The Kier molecular flexibility index (Phi) is 8.21. The number of carbonyl (C=O) groups is 1. The minimum Gasteiger partial charge on any atom is -0.469 e. The number of esters is 1. The highest BCUT2D eigenvalue weighted by Gasteiger charge is 2.09. The summed E-state index contributed by atoms with van der Waals surface area (Å²) in [4.78, 5) is 13.1. The van der Waals surface area contributed by atoms with Crippen molar-refractivity contribution in [3.8, 4) is 0 Å². The van der Waals surface area contributed by atoms with Crippen LogP contribution in [0.1, 0.15) is 26.7 Å². The molecule has 0 bridgehead atoms. The lowest BCUT2D eigenvalue weighted by atomic mass is 10.0. The molecule has 1 N–H and O–H groups in total. The molecule has 0 aliphatic carbocycles. The van der Waals surface area contributed by atoms with E-state index in [1.165, 1.54) is 7.11 Å². The standard InChI is InChI=1S/C12H26N2O2/c1-10(9-14(3)4)8-11(2)13-7-6-12(15)16-5/h10-11,13H,6-9H2,1-5H3. The monoisotopic (exact) mass is 230 g/mol. The van der Waals surface area contributed by atoms with Gasteiger partial charge < -0.3 is 15.0 Å². The van der Waals surface area contributed by atoms with Crippen LogP contribution in [0.4, 0.5) is 0 Å². The molecule has 0 aromatic heterocycles. The van der Waals surface area contributed by atoms with Crippen molar-refractivity contribution < 1.29 is 9.53 Å². The van der Waals surface area contributed by atoms with Crippen LogP contribution in [0.2, 0.25) is 0 Å². The van der Waals surface area contributed by atoms with Gasteiger partial charge in [-0.25, -0.2) is 0 Å². The van der Waals surface area contributed by atoms with E-state index in [-0.39, 0.29) is 5.97 Å². The number of rotatable bonds is 8. The molecule has 0 rings (SSSR count). The molecule has 2 unspecified atom stereocenters. The molecule has 0 saturated heterocycles. The van der Waals surface area contributed by atoms with Crippen LogP contribution >= 0.6 is 0 Å². The zero-order valence-electron chi connectivity index (χ0n) is 11.2. The molecule has 0 aliphatic heterocycles. The predicted molar refractivity (Wildman–Crippen MR) is 66.4 cm³/mol. The smallest absolute Gasteiger partial charge is 0.306 e. The number of methoxy groups -OCH3 is 1. The van der Waals surface area contributed by atoms with Crippen molar-refractivity contribution in [1.82, 2.24) is 10.2 Å². The lowest BCUT2D eigenvalue weighted by Gasteiger charge is -2.21. The SMILES string of the molecule is COC(=O)CCNC(C)CC(C)CN(C)C. The molecule has 0 heterocycles. The van der Waals surface area contributed by atoms with Gasteiger partial charge in [-0.05, 0) is 33.4 Å². The first kappa shape index (κ1) is 15.4. The molecule has 4 nitrogen and oxygen atoms in total. The van der Waals surface area contributed by atoms with Crippen molar-refractivity contribution in [3.63, 3.8) is 0 Å². The fourth-order valence-corrected chi connectivity index (χ4v) is 1.91. The van der Waals surface area contributed by atoms with E-state index in [0.717, 1.165) is 13.0 Å². The summed E-state index contributed by atoms with van der Waals surface area (Å²) in [7, 11) is 5.60. The summed E-state index contributed by atoms with van der Waals surface area (Å²) in [6.45, 7) is 6.20. The number of hydrogen-bond donors (Lipinski definition) is 1. The lowest BCUT2D eigenvalue weighted by Crippen LogP contribution is -2.32. The molecule has 0 aromatic rings. The molecule has 96 valence electrons. The van der Waals surface area contributed by atoms with Crippen LogP contribution in [-0.2, 0) is 9.53 Å². The summed E-state index contributed by atoms with van der Waals surface area (Å²) in [5.41, 5.74) is 0. The Morgan fingerprint density at radius 1 is 1.38 bits per heavy atom. The quantitative estimate of drug-likeness (QED) is 0.634. The molecule has 16 heavy (non-hydrogen) atoms. The maximum absolute atomic E-state index is 10.9. The van der Waals surface area contributed by atoms with Crippen LogP contribution in [-0.4, -0.2) is 51.2 Å². The van der Waals surface area contributed by atoms with Gasteiger partial charge in [0.15, 0.2) is 0 Å². The second kappa shape index (κ2) is 8.53. The number of nitrogens with zero attached hydrogens (tertiary/aromatic N) is 1. The Morgan fingerprint density at radius 3 is 2.50 bits per heavy atom. The van der Waals surface area contributed by atoms with Crippen LogP contribution in [0.3, 0.4) is 0 Å². The first-order chi connectivity index (χ1) is 7.45. The predicted octanol–water partition coefficient (Wildman–Crippen LogP) is 1.12.